The Morgan fingerprint density at radius 3 is 2.60 bits per heavy atom. The van der Waals surface area contributed by atoms with E-state index in [1.165, 1.54) is 12.1 Å². The molecule has 2 aliphatic carbocycles. The Labute approximate surface area is 153 Å². The average Bonchev–Trinajstić information content (AvgIpc) is 2.95. The Kier molecular flexibility index (Phi) is 4.30. The maximum absolute atomic E-state index is 11.2. The summed E-state index contributed by atoms with van der Waals surface area (Å²) in [5, 5.41) is 27.4. The highest BCUT2D eigenvalue weighted by Gasteiger charge is 2.61. The summed E-state index contributed by atoms with van der Waals surface area (Å²) in [5.74, 6) is 0.546. The van der Waals surface area contributed by atoms with Crippen LogP contribution in [0.1, 0.15) is 33.1 Å². The highest BCUT2D eigenvalue weighted by molar-refractivity contribution is 9.09. The summed E-state index contributed by atoms with van der Waals surface area (Å²) in [4.78, 5) is 20.7. The first-order chi connectivity index (χ1) is 11.7. The predicted octanol–water partition coefficient (Wildman–Crippen LogP) is 4.49. The Bertz CT molecular complexity index is 783. The molecule has 1 aromatic rings. The standard InChI is InChI=1S/C16H19BrN4O4/c1-15-6-5-10(16(15,2)9-17)7-14(15)19-18-12-4-3-11(20(22)23)8-13(12)21(24)25/h3-4,8,10,18H,5-7,9H2,1-2H3/b19-14-/t10-,15+,16-/m0/s1. The fourth-order valence-corrected chi connectivity index (χ4v) is 5.29. The molecule has 9 heteroatoms. The molecule has 1 N–H and O–H groups in total. The fraction of sp³-hybridized carbons (Fsp3) is 0.562. The topological polar surface area (TPSA) is 111 Å². The first kappa shape index (κ1) is 17.8. The number of anilines is 1. The molecule has 0 amide bonds. The minimum Gasteiger partial charge on any atom is -0.272 e. The Morgan fingerprint density at radius 2 is 2.04 bits per heavy atom. The number of non-ortho nitro benzene ring substituents is 1. The largest absolute Gasteiger partial charge is 0.301 e. The summed E-state index contributed by atoms with van der Waals surface area (Å²) in [6.45, 7) is 4.46. The van der Waals surface area contributed by atoms with Crippen molar-refractivity contribution in [2.75, 3.05) is 10.8 Å². The number of hydrogen-bond donors (Lipinski definition) is 1. The maximum atomic E-state index is 11.2. The van der Waals surface area contributed by atoms with Crippen molar-refractivity contribution < 1.29 is 9.85 Å². The molecule has 1 aromatic carbocycles. The fourth-order valence-electron chi connectivity index (χ4n) is 4.21. The first-order valence-corrected chi connectivity index (χ1v) is 9.17. The van der Waals surface area contributed by atoms with Crippen LogP contribution in [-0.2, 0) is 0 Å². The van der Waals surface area contributed by atoms with E-state index in [9.17, 15) is 20.2 Å². The molecule has 3 atom stereocenters. The molecule has 0 heterocycles. The monoisotopic (exact) mass is 410 g/mol. The van der Waals surface area contributed by atoms with Crippen molar-refractivity contribution in [1.82, 2.24) is 0 Å². The highest BCUT2D eigenvalue weighted by atomic mass is 79.9. The van der Waals surface area contributed by atoms with Crippen LogP contribution < -0.4 is 5.43 Å². The zero-order valence-electron chi connectivity index (χ0n) is 14.0. The first-order valence-electron chi connectivity index (χ1n) is 8.05. The number of hydrogen-bond acceptors (Lipinski definition) is 6. The third-order valence-corrected chi connectivity index (χ3v) is 7.37. The van der Waals surface area contributed by atoms with Crippen LogP contribution in [0.3, 0.4) is 0 Å². The zero-order chi connectivity index (χ0) is 18.4. The summed E-state index contributed by atoms with van der Waals surface area (Å²) in [6, 6.07) is 3.52. The molecule has 0 aromatic heterocycles. The zero-order valence-corrected chi connectivity index (χ0v) is 15.6. The molecule has 0 saturated heterocycles. The number of halogens is 1. The van der Waals surface area contributed by atoms with E-state index in [2.05, 4.69) is 40.3 Å². The molecular formula is C16H19BrN4O4. The van der Waals surface area contributed by atoms with Gasteiger partial charge in [-0.2, -0.15) is 5.10 Å². The van der Waals surface area contributed by atoms with Gasteiger partial charge in [-0.1, -0.05) is 29.8 Å². The number of rotatable bonds is 5. The van der Waals surface area contributed by atoms with E-state index in [1.807, 2.05) is 0 Å². The van der Waals surface area contributed by atoms with Gasteiger partial charge in [-0.05, 0) is 36.7 Å². The Hall–Kier alpha value is -2.03. The molecular weight excluding hydrogens is 392 g/mol. The lowest BCUT2D eigenvalue weighted by atomic mass is 9.70. The quantitative estimate of drug-likeness (QED) is 0.436. The second-order valence-electron chi connectivity index (χ2n) is 7.21. The van der Waals surface area contributed by atoms with Gasteiger partial charge in [-0.3, -0.25) is 25.7 Å². The number of benzene rings is 1. The summed E-state index contributed by atoms with van der Waals surface area (Å²) in [7, 11) is 0. The van der Waals surface area contributed by atoms with Gasteiger partial charge < -0.3 is 0 Å². The number of alkyl halides is 1. The maximum Gasteiger partial charge on any atom is 0.301 e. The summed E-state index contributed by atoms with van der Waals surface area (Å²) in [6.07, 6.45) is 3.07. The van der Waals surface area contributed by atoms with Crippen molar-refractivity contribution >= 4 is 38.7 Å². The molecule has 2 bridgehead atoms. The van der Waals surface area contributed by atoms with Gasteiger partial charge in [0.25, 0.3) is 5.69 Å². The molecule has 2 aliphatic rings. The number of nitro benzene ring substituents is 2. The van der Waals surface area contributed by atoms with E-state index in [0.29, 0.717) is 5.92 Å². The SMILES string of the molecule is C[C@]1(CBr)[C@H]2CC[C@]1(C)/C(=N\Nc1ccc([N+](=O)[O-])cc1[N+](=O)[O-])C2. The molecule has 0 aliphatic heterocycles. The van der Waals surface area contributed by atoms with Crippen LogP contribution in [0, 0.1) is 37.0 Å². The molecule has 8 nitrogen and oxygen atoms in total. The minimum absolute atomic E-state index is 0.0519. The second kappa shape index (κ2) is 6.05. The highest BCUT2D eigenvalue weighted by Crippen LogP contribution is 2.64. The lowest BCUT2D eigenvalue weighted by Crippen LogP contribution is -2.36. The molecule has 0 spiro atoms. The second-order valence-corrected chi connectivity index (χ2v) is 7.77. The molecule has 0 unspecified atom stereocenters. The summed E-state index contributed by atoms with van der Waals surface area (Å²) < 4.78 is 0. The molecule has 2 fully saturated rings. The van der Waals surface area contributed by atoms with Crippen molar-refractivity contribution in [3.63, 3.8) is 0 Å². The number of nitrogens with zero attached hydrogens (tertiary/aromatic N) is 3. The van der Waals surface area contributed by atoms with Gasteiger partial charge >= 0.3 is 5.69 Å². The Balaban J connectivity index is 1.91. The van der Waals surface area contributed by atoms with Crippen LogP contribution in [0.4, 0.5) is 17.1 Å². The minimum atomic E-state index is -0.652. The van der Waals surface area contributed by atoms with Crippen molar-refractivity contribution in [2.45, 2.75) is 33.1 Å². The Morgan fingerprint density at radius 1 is 1.32 bits per heavy atom. The number of nitrogens with one attached hydrogen (secondary N) is 1. The molecule has 0 radical (unpaired) electrons. The molecule has 2 saturated carbocycles. The van der Waals surface area contributed by atoms with Crippen molar-refractivity contribution in [2.24, 2.45) is 21.8 Å². The normalized spacial score (nSPS) is 32.1. The van der Waals surface area contributed by atoms with Gasteiger partial charge in [0.1, 0.15) is 5.69 Å². The third-order valence-electron chi connectivity index (χ3n) is 6.21. The van der Waals surface area contributed by atoms with E-state index in [-0.39, 0.29) is 27.9 Å². The average molecular weight is 411 g/mol. The van der Waals surface area contributed by atoms with E-state index in [4.69, 9.17) is 0 Å². The summed E-state index contributed by atoms with van der Waals surface area (Å²) >= 11 is 3.64. The van der Waals surface area contributed by atoms with E-state index >= 15 is 0 Å². The van der Waals surface area contributed by atoms with E-state index in [0.717, 1.165) is 36.4 Å². The number of nitro groups is 2. The molecule has 25 heavy (non-hydrogen) atoms. The lowest BCUT2D eigenvalue weighted by molar-refractivity contribution is -0.393. The van der Waals surface area contributed by atoms with Crippen LogP contribution in [0.25, 0.3) is 0 Å². The smallest absolute Gasteiger partial charge is 0.272 e. The van der Waals surface area contributed by atoms with Crippen molar-refractivity contribution in [3.05, 3.63) is 38.4 Å². The lowest BCUT2D eigenvalue weighted by Gasteiger charge is -2.36. The molecule has 134 valence electrons. The van der Waals surface area contributed by atoms with Crippen molar-refractivity contribution in [1.29, 1.82) is 0 Å². The van der Waals surface area contributed by atoms with Crippen LogP contribution in [-0.4, -0.2) is 20.9 Å². The van der Waals surface area contributed by atoms with Gasteiger partial charge in [0.15, 0.2) is 0 Å². The third kappa shape index (κ3) is 2.61. The van der Waals surface area contributed by atoms with Crippen LogP contribution in [0.5, 0.6) is 0 Å². The van der Waals surface area contributed by atoms with E-state index < -0.39 is 9.85 Å². The van der Waals surface area contributed by atoms with Gasteiger partial charge in [0.2, 0.25) is 0 Å². The van der Waals surface area contributed by atoms with Gasteiger partial charge in [0.05, 0.1) is 15.9 Å². The van der Waals surface area contributed by atoms with Gasteiger partial charge in [-0.25, -0.2) is 0 Å². The van der Waals surface area contributed by atoms with Crippen molar-refractivity contribution in [3.8, 4) is 0 Å². The number of fused-ring (bicyclic) bond motifs is 2. The van der Waals surface area contributed by atoms with Gasteiger partial charge in [-0.15, -0.1) is 0 Å². The van der Waals surface area contributed by atoms with Gasteiger partial charge in [0, 0.05) is 22.5 Å². The van der Waals surface area contributed by atoms with Crippen LogP contribution in [0.2, 0.25) is 0 Å². The summed E-state index contributed by atoms with van der Waals surface area (Å²) in [5.41, 5.74) is 3.36. The predicted molar refractivity (Wildman–Crippen MR) is 98.2 cm³/mol. The van der Waals surface area contributed by atoms with Crippen LogP contribution in [0.15, 0.2) is 23.3 Å². The number of hydrazone groups is 1. The van der Waals surface area contributed by atoms with E-state index in [1.54, 1.807) is 0 Å². The van der Waals surface area contributed by atoms with Crippen LogP contribution >= 0.6 is 15.9 Å². The molecule has 3 rings (SSSR count).